The van der Waals surface area contributed by atoms with Crippen molar-refractivity contribution in [3.05, 3.63) is 12.7 Å². The molecular weight excluding hydrogens is 326 g/mol. The van der Waals surface area contributed by atoms with Crippen LogP contribution in [0.1, 0.15) is 6.23 Å². The molecule has 1 aliphatic carbocycles. The molecule has 120 valence electrons. The van der Waals surface area contributed by atoms with Gasteiger partial charge >= 0.3 is 0 Å². The fourth-order valence-corrected chi connectivity index (χ4v) is 3.73. The van der Waals surface area contributed by atoms with Gasteiger partial charge in [0, 0.05) is 0 Å². The summed E-state index contributed by atoms with van der Waals surface area (Å²) in [5.41, 5.74) is 0.408. The third-order valence-corrected chi connectivity index (χ3v) is 5.11. The van der Waals surface area contributed by atoms with Gasteiger partial charge in [-0.3, -0.25) is 4.57 Å². The van der Waals surface area contributed by atoms with Crippen molar-refractivity contribution >= 4 is 28.6 Å². The Bertz CT molecular complexity index is 868. The minimum absolute atomic E-state index is 0.145. The Balaban J connectivity index is 1.90. The van der Waals surface area contributed by atoms with Gasteiger partial charge in [-0.05, 0) is 0 Å². The molecular formula is C13H12ClN5O4. The standard InChI is InChI=1S/C13H12ClN5O4/c1-2-11(21)10(23-12(3-14)9(20)13(11,12)22)19-5-18-6-7(15)16-4-17-8(6)19/h1,4-5,9-10,20-22H,3H2,(H2,15,16,17). The number of anilines is 1. The molecule has 3 heterocycles. The van der Waals surface area contributed by atoms with Crippen molar-refractivity contribution in [2.24, 2.45) is 0 Å². The fraction of sp³-hybridized carbons (Fsp3) is 0.462. The molecule has 2 aromatic heterocycles. The molecule has 1 saturated heterocycles. The van der Waals surface area contributed by atoms with E-state index in [1.165, 1.54) is 17.2 Å². The van der Waals surface area contributed by atoms with Gasteiger partial charge in [-0.25, -0.2) is 15.0 Å². The monoisotopic (exact) mass is 337 g/mol. The Kier molecular flexibility index (Phi) is 2.61. The van der Waals surface area contributed by atoms with Gasteiger partial charge in [0.1, 0.15) is 23.5 Å². The van der Waals surface area contributed by atoms with Crippen molar-refractivity contribution in [1.29, 1.82) is 0 Å². The van der Waals surface area contributed by atoms with Gasteiger partial charge in [0.05, 0.1) is 12.2 Å². The van der Waals surface area contributed by atoms with E-state index in [0.29, 0.717) is 5.52 Å². The van der Waals surface area contributed by atoms with Gasteiger partial charge in [0.2, 0.25) is 5.60 Å². The molecule has 2 fully saturated rings. The first kappa shape index (κ1) is 14.6. The molecule has 0 bridgehead atoms. The maximum absolute atomic E-state index is 10.8. The van der Waals surface area contributed by atoms with Gasteiger partial charge < -0.3 is 25.8 Å². The average molecular weight is 338 g/mol. The summed E-state index contributed by atoms with van der Waals surface area (Å²) in [5, 5.41) is 31.5. The van der Waals surface area contributed by atoms with Gasteiger partial charge in [0.15, 0.2) is 23.3 Å². The smallest absolute Gasteiger partial charge is 0.205 e. The number of hydrogen-bond donors (Lipinski definition) is 4. The van der Waals surface area contributed by atoms with Crippen LogP contribution < -0.4 is 5.73 Å². The van der Waals surface area contributed by atoms with Gasteiger partial charge in [0.25, 0.3) is 0 Å². The van der Waals surface area contributed by atoms with E-state index in [2.05, 4.69) is 20.9 Å². The SMILES string of the molecule is C#CC1(O)C(n2cnc3c(N)ncnc32)OC2(CCl)C(O)C12O. The lowest BCUT2D eigenvalue weighted by Crippen LogP contribution is -2.50. The highest BCUT2D eigenvalue weighted by Crippen LogP contribution is 2.67. The topological polar surface area (TPSA) is 140 Å². The number of aliphatic hydroxyl groups is 3. The number of halogens is 1. The Morgan fingerprint density at radius 1 is 1.43 bits per heavy atom. The molecule has 0 amide bonds. The third kappa shape index (κ3) is 1.33. The highest BCUT2D eigenvalue weighted by atomic mass is 35.5. The quantitative estimate of drug-likeness (QED) is 0.379. The van der Waals surface area contributed by atoms with Crippen LogP contribution in [0, 0.1) is 12.3 Å². The highest BCUT2D eigenvalue weighted by molar-refractivity contribution is 6.19. The number of rotatable bonds is 2. The zero-order chi connectivity index (χ0) is 16.6. The van der Waals surface area contributed by atoms with E-state index < -0.39 is 29.1 Å². The molecule has 4 rings (SSSR count). The van der Waals surface area contributed by atoms with Crippen LogP contribution in [0.15, 0.2) is 12.7 Å². The second-order valence-corrected chi connectivity index (χ2v) is 5.92. The van der Waals surface area contributed by atoms with Crippen LogP contribution in [0.25, 0.3) is 11.2 Å². The lowest BCUT2D eigenvalue weighted by atomic mass is 9.92. The number of hydrogen-bond acceptors (Lipinski definition) is 8. The lowest BCUT2D eigenvalue weighted by molar-refractivity contribution is -0.142. The molecule has 5 unspecified atom stereocenters. The molecule has 2 aliphatic rings. The summed E-state index contributed by atoms with van der Waals surface area (Å²) in [5.74, 6) is 2.01. The predicted molar refractivity (Wildman–Crippen MR) is 78.0 cm³/mol. The number of ether oxygens (including phenoxy) is 1. The van der Waals surface area contributed by atoms with Crippen LogP contribution in [0.3, 0.4) is 0 Å². The first-order valence-corrected chi connectivity index (χ1v) is 7.18. The molecule has 9 nitrogen and oxygen atoms in total. The van der Waals surface area contributed by atoms with Crippen LogP contribution in [-0.2, 0) is 4.74 Å². The van der Waals surface area contributed by atoms with Crippen molar-refractivity contribution in [2.45, 2.75) is 29.1 Å². The van der Waals surface area contributed by atoms with Crippen molar-refractivity contribution in [3.63, 3.8) is 0 Å². The number of aliphatic hydroxyl groups excluding tert-OH is 1. The van der Waals surface area contributed by atoms with Crippen molar-refractivity contribution in [1.82, 2.24) is 19.5 Å². The van der Waals surface area contributed by atoms with Crippen molar-refractivity contribution in [3.8, 4) is 12.3 Å². The number of aromatic nitrogens is 4. The minimum Gasteiger partial charge on any atom is -0.387 e. The van der Waals surface area contributed by atoms with Crippen LogP contribution in [0.5, 0.6) is 0 Å². The van der Waals surface area contributed by atoms with Crippen LogP contribution in [0.4, 0.5) is 5.82 Å². The van der Waals surface area contributed by atoms with Crippen molar-refractivity contribution < 1.29 is 20.1 Å². The van der Waals surface area contributed by atoms with Crippen LogP contribution >= 0.6 is 11.6 Å². The van der Waals surface area contributed by atoms with E-state index in [1.807, 2.05) is 0 Å². The molecule has 10 heteroatoms. The number of nitrogen functional groups attached to an aromatic ring is 1. The maximum Gasteiger partial charge on any atom is 0.205 e. The second kappa shape index (κ2) is 4.11. The molecule has 5 N–H and O–H groups in total. The summed E-state index contributed by atoms with van der Waals surface area (Å²) in [4.78, 5) is 11.9. The third-order valence-electron chi connectivity index (χ3n) is 4.72. The Hall–Kier alpha value is -1.96. The Morgan fingerprint density at radius 2 is 2.17 bits per heavy atom. The first-order chi connectivity index (χ1) is 10.9. The Labute approximate surface area is 134 Å². The summed E-state index contributed by atoms with van der Waals surface area (Å²) in [7, 11) is 0. The molecule has 1 saturated carbocycles. The molecule has 5 atom stereocenters. The van der Waals surface area contributed by atoms with E-state index >= 15 is 0 Å². The summed E-state index contributed by atoms with van der Waals surface area (Å²) in [6.45, 7) is 0. The Morgan fingerprint density at radius 3 is 2.83 bits per heavy atom. The number of nitrogens with two attached hydrogens (primary N) is 1. The number of alkyl halides is 1. The fourth-order valence-electron chi connectivity index (χ4n) is 3.32. The molecule has 23 heavy (non-hydrogen) atoms. The van der Waals surface area contributed by atoms with E-state index in [1.54, 1.807) is 0 Å². The summed E-state index contributed by atoms with van der Waals surface area (Å²) < 4.78 is 7.02. The van der Waals surface area contributed by atoms with Gasteiger partial charge in [-0.1, -0.05) is 5.92 Å². The van der Waals surface area contributed by atoms with E-state index in [-0.39, 0.29) is 17.3 Å². The summed E-state index contributed by atoms with van der Waals surface area (Å²) >= 11 is 5.83. The van der Waals surface area contributed by atoms with Crippen LogP contribution in [0.2, 0.25) is 0 Å². The van der Waals surface area contributed by atoms with Crippen molar-refractivity contribution in [2.75, 3.05) is 11.6 Å². The zero-order valence-electron chi connectivity index (χ0n) is 11.6. The molecule has 1 aliphatic heterocycles. The number of fused-ring (bicyclic) bond motifs is 2. The number of nitrogens with zero attached hydrogens (tertiary/aromatic N) is 4. The van der Waals surface area contributed by atoms with E-state index in [0.717, 1.165) is 0 Å². The molecule has 0 aromatic carbocycles. The van der Waals surface area contributed by atoms with Gasteiger partial charge in [-0.2, -0.15) is 0 Å². The zero-order valence-corrected chi connectivity index (χ0v) is 12.3. The average Bonchev–Trinajstić information content (AvgIpc) is 2.86. The molecule has 0 radical (unpaired) electrons. The summed E-state index contributed by atoms with van der Waals surface area (Å²) in [6.07, 6.45) is 5.31. The first-order valence-electron chi connectivity index (χ1n) is 6.64. The highest BCUT2D eigenvalue weighted by Gasteiger charge is 2.92. The lowest BCUT2D eigenvalue weighted by Gasteiger charge is -2.30. The van der Waals surface area contributed by atoms with E-state index in [9.17, 15) is 15.3 Å². The largest absolute Gasteiger partial charge is 0.387 e. The van der Waals surface area contributed by atoms with Crippen LogP contribution in [-0.4, -0.2) is 63.6 Å². The molecule has 0 spiro atoms. The summed E-state index contributed by atoms with van der Waals surface area (Å²) in [6, 6.07) is 0. The van der Waals surface area contributed by atoms with E-state index in [4.69, 9.17) is 28.5 Å². The number of imidazole rings is 1. The predicted octanol–water partition coefficient (Wildman–Crippen LogP) is -1.62. The number of terminal acetylenes is 1. The minimum atomic E-state index is -2.23. The molecule has 2 aromatic rings. The van der Waals surface area contributed by atoms with Gasteiger partial charge in [-0.15, -0.1) is 18.0 Å². The second-order valence-electron chi connectivity index (χ2n) is 5.66. The maximum atomic E-state index is 10.8. The normalized spacial score (nSPS) is 41.7.